The molecule has 1 fully saturated rings. The molecule has 9 nitrogen and oxygen atoms in total. The van der Waals surface area contributed by atoms with Crippen molar-refractivity contribution in [2.75, 3.05) is 33.4 Å². The number of aromatic nitrogens is 4. The third kappa shape index (κ3) is 2.85. The summed E-state index contributed by atoms with van der Waals surface area (Å²) in [7, 11) is 1.57. The highest BCUT2D eigenvalue weighted by Crippen LogP contribution is 2.37. The van der Waals surface area contributed by atoms with E-state index in [4.69, 9.17) is 19.0 Å². The van der Waals surface area contributed by atoms with Crippen molar-refractivity contribution in [3.8, 4) is 5.75 Å². The third-order valence-electron chi connectivity index (χ3n) is 5.41. The number of fused-ring (bicyclic) bond motifs is 5. The fourth-order valence-corrected chi connectivity index (χ4v) is 4.04. The molecule has 0 saturated carbocycles. The number of aryl methyl sites for hydroxylation is 2. The highest BCUT2D eigenvalue weighted by Gasteiger charge is 2.22. The van der Waals surface area contributed by atoms with Crippen molar-refractivity contribution in [1.82, 2.24) is 24.9 Å². The number of hydrogen-bond donors (Lipinski definition) is 0. The second-order valence-corrected chi connectivity index (χ2v) is 7.28. The van der Waals surface area contributed by atoms with E-state index in [1.54, 1.807) is 13.2 Å². The van der Waals surface area contributed by atoms with Gasteiger partial charge in [0.25, 0.3) is 0 Å². The number of hydrogen-bond acceptors (Lipinski definition) is 8. The van der Waals surface area contributed by atoms with Crippen LogP contribution in [0.1, 0.15) is 11.3 Å². The van der Waals surface area contributed by atoms with Crippen molar-refractivity contribution in [2.24, 2.45) is 0 Å². The SMILES string of the molecule is COc1cc2oc(=O)cc(C)c2c2c1nnc1c(C)nn(CN3CCOCC3)c12. The van der Waals surface area contributed by atoms with E-state index < -0.39 is 5.63 Å². The van der Waals surface area contributed by atoms with Crippen LogP contribution in [-0.2, 0) is 11.4 Å². The molecule has 0 aliphatic carbocycles. The summed E-state index contributed by atoms with van der Waals surface area (Å²) in [5.41, 5.74) is 3.89. The molecule has 0 N–H and O–H groups in total. The molecular weight excluding hydrogens is 374 g/mol. The predicted molar refractivity (Wildman–Crippen MR) is 107 cm³/mol. The van der Waals surface area contributed by atoms with Gasteiger partial charge < -0.3 is 13.9 Å². The normalized spacial score (nSPS) is 15.6. The van der Waals surface area contributed by atoms with Gasteiger partial charge >= 0.3 is 5.63 Å². The van der Waals surface area contributed by atoms with Gasteiger partial charge in [0.2, 0.25) is 0 Å². The van der Waals surface area contributed by atoms with Crippen LogP contribution < -0.4 is 10.4 Å². The average Bonchev–Trinajstić information content (AvgIpc) is 3.03. The summed E-state index contributed by atoms with van der Waals surface area (Å²) in [6, 6.07) is 3.19. The lowest BCUT2D eigenvalue weighted by molar-refractivity contribution is 0.0221. The van der Waals surface area contributed by atoms with E-state index in [0.717, 1.165) is 46.2 Å². The van der Waals surface area contributed by atoms with Gasteiger partial charge in [0.15, 0.2) is 5.75 Å². The summed E-state index contributed by atoms with van der Waals surface area (Å²) in [6.45, 7) is 7.53. The zero-order valence-electron chi connectivity index (χ0n) is 16.6. The molecule has 4 heterocycles. The van der Waals surface area contributed by atoms with Crippen molar-refractivity contribution >= 4 is 32.9 Å². The van der Waals surface area contributed by atoms with E-state index >= 15 is 0 Å². The van der Waals surface area contributed by atoms with Crippen molar-refractivity contribution in [2.45, 2.75) is 20.5 Å². The Morgan fingerprint density at radius 3 is 2.62 bits per heavy atom. The molecule has 1 saturated heterocycles. The topological polar surface area (TPSA) is 95.5 Å². The zero-order chi connectivity index (χ0) is 20.1. The zero-order valence-corrected chi connectivity index (χ0v) is 16.6. The second kappa shape index (κ2) is 6.78. The van der Waals surface area contributed by atoms with Crippen LogP contribution in [0.5, 0.6) is 5.75 Å². The first-order valence-electron chi connectivity index (χ1n) is 9.52. The first-order chi connectivity index (χ1) is 14.1. The molecule has 1 aliphatic heterocycles. The van der Waals surface area contributed by atoms with Crippen LogP contribution in [0.4, 0.5) is 0 Å². The molecule has 1 aliphatic rings. The smallest absolute Gasteiger partial charge is 0.336 e. The van der Waals surface area contributed by atoms with Gasteiger partial charge in [0.1, 0.15) is 22.1 Å². The average molecular weight is 395 g/mol. The van der Waals surface area contributed by atoms with E-state index in [9.17, 15) is 4.79 Å². The van der Waals surface area contributed by atoms with Gasteiger partial charge in [0.05, 0.1) is 32.7 Å². The molecule has 9 heteroatoms. The summed E-state index contributed by atoms with van der Waals surface area (Å²) in [4.78, 5) is 14.3. The van der Waals surface area contributed by atoms with Crippen LogP contribution in [0.2, 0.25) is 0 Å². The Balaban J connectivity index is 1.89. The Hall–Kier alpha value is -3.04. The van der Waals surface area contributed by atoms with Gasteiger partial charge in [-0.3, -0.25) is 4.90 Å². The minimum atomic E-state index is -0.396. The first-order valence-corrected chi connectivity index (χ1v) is 9.52. The van der Waals surface area contributed by atoms with Crippen LogP contribution in [0, 0.1) is 13.8 Å². The van der Waals surface area contributed by atoms with Gasteiger partial charge in [-0.1, -0.05) is 0 Å². The monoisotopic (exact) mass is 395 g/mol. The predicted octanol–water partition coefficient (Wildman–Crippen LogP) is 2.00. The van der Waals surface area contributed by atoms with Crippen molar-refractivity contribution in [1.29, 1.82) is 0 Å². The standard InChI is InChI=1S/C20H21N5O4/c1-11-8-15(26)29-13-9-14(27-3)19-17(16(11)13)20-18(21-22-19)12(2)23-25(20)10-24-4-6-28-7-5-24/h8-9H,4-7,10H2,1-3H3. The van der Waals surface area contributed by atoms with Gasteiger partial charge in [-0.2, -0.15) is 5.10 Å². The van der Waals surface area contributed by atoms with E-state index in [-0.39, 0.29) is 0 Å². The van der Waals surface area contributed by atoms with Crippen LogP contribution in [0.25, 0.3) is 32.9 Å². The second-order valence-electron chi connectivity index (χ2n) is 7.28. The molecule has 0 bridgehead atoms. The third-order valence-corrected chi connectivity index (χ3v) is 5.41. The minimum absolute atomic E-state index is 0.396. The molecule has 0 unspecified atom stereocenters. The fraction of sp³-hybridized carbons (Fsp3) is 0.400. The highest BCUT2D eigenvalue weighted by atomic mass is 16.5. The Kier molecular flexibility index (Phi) is 4.21. The van der Waals surface area contributed by atoms with Crippen LogP contribution >= 0.6 is 0 Å². The number of nitrogens with zero attached hydrogens (tertiary/aromatic N) is 5. The summed E-state index contributed by atoms with van der Waals surface area (Å²) >= 11 is 0. The van der Waals surface area contributed by atoms with E-state index in [1.807, 2.05) is 18.5 Å². The molecule has 4 aromatic rings. The van der Waals surface area contributed by atoms with Crippen LogP contribution in [0.3, 0.4) is 0 Å². The quantitative estimate of drug-likeness (QED) is 0.384. The highest BCUT2D eigenvalue weighted by molar-refractivity contribution is 6.18. The number of ether oxygens (including phenoxy) is 2. The molecular formula is C20H21N5O4. The maximum Gasteiger partial charge on any atom is 0.336 e. The Morgan fingerprint density at radius 2 is 1.86 bits per heavy atom. The van der Waals surface area contributed by atoms with Crippen molar-refractivity contribution in [3.05, 3.63) is 33.8 Å². The van der Waals surface area contributed by atoms with Crippen molar-refractivity contribution < 1.29 is 13.9 Å². The van der Waals surface area contributed by atoms with E-state index in [0.29, 0.717) is 36.7 Å². The van der Waals surface area contributed by atoms with Crippen LogP contribution in [0.15, 0.2) is 21.3 Å². The van der Waals surface area contributed by atoms with Crippen molar-refractivity contribution in [3.63, 3.8) is 0 Å². The number of rotatable bonds is 3. The molecule has 0 atom stereocenters. The Bertz CT molecular complexity index is 1300. The van der Waals surface area contributed by atoms with Gasteiger partial charge in [0, 0.05) is 36.0 Å². The summed E-state index contributed by atoms with van der Waals surface area (Å²) < 4.78 is 18.5. The summed E-state index contributed by atoms with van der Waals surface area (Å²) in [6.07, 6.45) is 0. The minimum Gasteiger partial charge on any atom is -0.494 e. The van der Waals surface area contributed by atoms with Crippen LogP contribution in [-0.4, -0.2) is 58.3 Å². The lowest BCUT2D eigenvalue weighted by atomic mass is 10.0. The molecule has 29 heavy (non-hydrogen) atoms. The first kappa shape index (κ1) is 18.0. The maximum absolute atomic E-state index is 12.0. The van der Waals surface area contributed by atoms with Gasteiger partial charge in [-0.25, -0.2) is 9.48 Å². The maximum atomic E-state index is 12.0. The molecule has 0 amide bonds. The van der Waals surface area contributed by atoms with Gasteiger partial charge in [-0.15, -0.1) is 10.2 Å². The summed E-state index contributed by atoms with van der Waals surface area (Å²) in [5.74, 6) is 0.507. The number of benzene rings is 1. The molecule has 150 valence electrons. The number of methoxy groups -OCH3 is 1. The van der Waals surface area contributed by atoms with Gasteiger partial charge in [-0.05, 0) is 19.4 Å². The van der Waals surface area contributed by atoms with E-state index in [1.165, 1.54) is 6.07 Å². The largest absolute Gasteiger partial charge is 0.494 e. The summed E-state index contributed by atoms with van der Waals surface area (Å²) in [5, 5.41) is 15.3. The fourth-order valence-electron chi connectivity index (χ4n) is 4.04. The lowest BCUT2D eigenvalue weighted by Crippen LogP contribution is -2.37. The molecule has 0 spiro atoms. The molecule has 1 aromatic carbocycles. The lowest BCUT2D eigenvalue weighted by Gasteiger charge is -2.26. The molecule has 5 rings (SSSR count). The molecule has 3 aromatic heterocycles. The number of morpholine rings is 1. The Morgan fingerprint density at radius 1 is 1.10 bits per heavy atom. The molecule has 0 radical (unpaired) electrons. The van der Waals surface area contributed by atoms with E-state index in [2.05, 4.69) is 15.1 Å². The Labute approximate surface area is 165 Å².